The van der Waals surface area contributed by atoms with Gasteiger partial charge in [0.2, 0.25) is 5.91 Å². The second kappa shape index (κ2) is 11.8. The molecule has 0 radical (unpaired) electrons. The minimum atomic E-state index is -1.20. The number of hydrogen-bond acceptors (Lipinski definition) is 5. The van der Waals surface area contributed by atoms with Gasteiger partial charge in [-0.05, 0) is 62.5 Å². The van der Waals surface area contributed by atoms with Crippen LogP contribution in [0.25, 0.3) is 0 Å². The second-order valence-corrected chi connectivity index (χ2v) is 9.04. The van der Waals surface area contributed by atoms with Crippen molar-refractivity contribution < 1.29 is 19.8 Å². The van der Waals surface area contributed by atoms with Gasteiger partial charge in [-0.15, -0.1) is 0 Å². The molecule has 0 spiro atoms. The lowest BCUT2D eigenvalue weighted by Crippen LogP contribution is -2.40. The Labute approximate surface area is 189 Å². The molecule has 0 aliphatic rings. The van der Waals surface area contributed by atoms with Gasteiger partial charge in [-0.3, -0.25) is 4.79 Å². The maximum Gasteiger partial charge on any atom is 0.339 e. The number of nitrogens with zero attached hydrogens (tertiary/aromatic N) is 2. The quantitative estimate of drug-likeness (QED) is 0.464. The Morgan fingerprint density at radius 3 is 2.32 bits per heavy atom. The number of carbonyl (C=O) groups excluding carboxylic acids is 1. The summed E-state index contributed by atoms with van der Waals surface area (Å²) in [5, 5.41) is 19.3. The largest absolute Gasteiger partial charge is 0.507 e. The zero-order chi connectivity index (χ0) is 23.0. The van der Waals surface area contributed by atoms with Gasteiger partial charge >= 0.3 is 5.97 Å². The van der Waals surface area contributed by atoms with E-state index < -0.39 is 5.97 Å². The molecule has 31 heavy (non-hydrogen) atoms. The van der Waals surface area contributed by atoms with Gasteiger partial charge < -0.3 is 15.1 Å². The van der Waals surface area contributed by atoms with E-state index in [0.717, 1.165) is 24.2 Å². The number of anilines is 1. The molecule has 0 aromatic heterocycles. The lowest BCUT2D eigenvalue weighted by atomic mass is 9.99. The molecule has 0 aliphatic carbocycles. The Kier molecular flexibility index (Phi) is 9.40. The summed E-state index contributed by atoms with van der Waals surface area (Å²) in [6.45, 7) is 6.97. The summed E-state index contributed by atoms with van der Waals surface area (Å²) in [7, 11) is 1.87. The summed E-state index contributed by atoms with van der Waals surface area (Å²) in [6, 6.07) is 12.4. The third kappa shape index (κ3) is 7.29. The molecular formula is C24H32N2O4S. The van der Waals surface area contributed by atoms with Crippen molar-refractivity contribution in [1.82, 2.24) is 4.31 Å². The highest BCUT2D eigenvalue weighted by molar-refractivity contribution is 7.97. The molecule has 6 nitrogen and oxygen atoms in total. The predicted octanol–water partition coefficient (Wildman–Crippen LogP) is 5.20. The Hall–Kier alpha value is -2.51. The van der Waals surface area contributed by atoms with E-state index in [1.807, 2.05) is 42.5 Å². The number of carbonyl (C=O) groups is 2. The van der Waals surface area contributed by atoms with E-state index in [0.29, 0.717) is 18.2 Å². The van der Waals surface area contributed by atoms with Gasteiger partial charge in [-0.2, -0.15) is 0 Å². The highest BCUT2D eigenvalue weighted by Crippen LogP contribution is 2.28. The van der Waals surface area contributed by atoms with E-state index in [2.05, 4.69) is 13.8 Å². The monoisotopic (exact) mass is 444 g/mol. The molecule has 1 unspecified atom stereocenters. The first-order valence-electron chi connectivity index (χ1n) is 10.6. The van der Waals surface area contributed by atoms with Crippen LogP contribution >= 0.6 is 11.9 Å². The van der Waals surface area contributed by atoms with Crippen LogP contribution in [0.5, 0.6) is 5.75 Å². The van der Waals surface area contributed by atoms with E-state index in [-0.39, 0.29) is 23.8 Å². The molecule has 0 bridgehead atoms. The molecule has 0 aliphatic heterocycles. The number of carboxylic acid groups (broad SMARTS) is 1. The number of aromatic carboxylic acids is 1. The van der Waals surface area contributed by atoms with Gasteiger partial charge in [-0.1, -0.05) is 44.4 Å². The van der Waals surface area contributed by atoms with E-state index in [1.165, 1.54) is 29.6 Å². The van der Waals surface area contributed by atoms with E-state index in [1.54, 1.807) is 11.0 Å². The highest BCUT2D eigenvalue weighted by Gasteiger charge is 2.23. The van der Waals surface area contributed by atoms with Crippen LogP contribution in [0.1, 0.15) is 49.0 Å². The number of aromatic hydroxyl groups is 1. The lowest BCUT2D eigenvalue weighted by Gasteiger charge is -2.29. The van der Waals surface area contributed by atoms with Gasteiger partial charge in [0.1, 0.15) is 11.3 Å². The van der Waals surface area contributed by atoms with Crippen LogP contribution in [-0.2, 0) is 4.79 Å². The van der Waals surface area contributed by atoms with Crippen LogP contribution in [0.15, 0.2) is 47.4 Å². The van der Waals surface area contributed by atoms with E-state index in [4.69, 9.17) is 0 Å². The number of phenols is 1. The summed E-state index contributed by atoms with van der Waals surface area (Å²) < 4.78 is 1.88. The van der Waals surface area contributed by atoms with E-state index >= 15 is 0 Å². The Morgan fingerprint density at radius 2 is 1.77 bits per heavy atom. The van der Waals surface area contributed by atoms with Crippen molar-refractivity contribution in [3.8, 4) is 5.75 Å². The molecule has 0 heterocycles. The number of hydrogen-bond donors (Lipinski definition) is 2. The Balaban J connectivity index is 2.22. The fourth-order valence-electron chi connectivity index (χ4n) is 3.40. The fraction of sp³-hybridized carbons (Fsp3) is 0.417. The summed E-state index contributed by atoms with van der Waals surface area (Å²) in [6.07, 6.45) is 2.95. The molecule has 2 aromatic rings. The molecule has 1 atom stereocenters. The summed E-state index contributed by atoms with van der Waals surface area (Å²) in [5.74, 6) is -1.31. The average molecular weight is 445 g/mol. The van der Waals surface area contributed by atoms with Gasteiger partial charge in [0.15, 0.2) is 0 Å². The molecule has 0 saturated carbocycles. The van der Waals surface area contributed by atoms with Crippen LogP contribution in [0.2, 0.25) is 0 Å². The molecule has 0 saturated heterocycles. The van der Waals surface area contributed by atoms with Gasteiger partial charge in [-0.25, -0.2) is 9.10 Å². The van der Waals surface area contributed by atoms with Gasteiger partial charge in [0.25, 0.3) is 0 Å². The number of likely N-dealkylation sites (N-methyl/N-ethyl adjacent to an activating group) is 1. The maximum atomic E-state index is 13.3. The highest BCUT2D eigenvalue weighted by atomic mass is 32.2. The van der Waals surface area contributed by atoms with Gasteiger partial charge in [0, 0.05) is 23.2 Å². The van der Waals surface area contributed by atoms with Crippen molar-refractivity contribution in [1.29, 1.82) is 0 Å². The predicted molar refractivity (Wildman–Crippen MR) is 126 cm³/mol. The van der Waals surface area contributed by atoms with Crippen LogP contribution in [0.3, 0.4) is 0 Å². The Bertz CT molecular complexity index is 886. The van der Waals surface area contributed by atoms with Crippen molar-refractivity contribution in [3.63, 3.8) is 0 Å². The number of benzene rings is 2. The van der Waals surface area contributed by atoms with Crippen LogP contribution in [-0.4, -0.2) is 46.5 Å². The molecule has 1 amide bonds. The first kappa shape index (κ1) is 24.8. The standard InChI is InChI=1S/C24H32N2O4S/c1-5-7-18(6-2)15-26(19-10-13-21(24(29)30)22(27)14-19)23(28)16-25(4)31-20-11-8-17(3)9-12-20/h8-14,18,27H,5-7,15-16H2,1-4H3,(H,29,30). The summed E-state index contributed by atoms with van der Waals surface area (Å²) in [5.41, 5.74) is 1.51. The fourth-order valence-corrected chi connectivity index (χ4v) is 4.19. The van der Waals surface area contributed by atoms with Crippen molar-refractivity contribution >= 4 is 29.5 Å². The lowest BCUT2D eigenvalue weighted by molar-refractivity contribution is -0.118. The smallest absolute Gasteiger partial charge is 0.339 e. The molecule has 2 N–H and O–H groups in total. The molecular weight excluding hydrogens is 412 g/mol. The number of aryl methyl sites for hydroxylation is 1. The summed E-state index contributed by atoms with van der Waals surface area (Å²) in [4.78, 5) is 27.2. The third-order valence-electron chi connectivity index (χ3n) is 5.18. The molecule has 7 heteroatoms. The first-order chi connectivity index (χ1) is 14.7. The first-order valence-corrected chi connectivity index (χ1v) is 11.3. The minimum absolute atomic E-state index is 0.0980. The van der Waals surface area contributed by atoms with Crippen molar-refractivity contribution in [2.75, 3.05) is 25.0 Å². The molecule has 0 fully saturated rings. The normalized spacial score (nSPS) is 12.0. The topological polar surface area (TPSA) is 81.1 Å². The zero-order valence-corrected chi connectivity index (χ0v) is 19.5. The van der Waals surface area contributed by atoms with Crippen LogP contribution < -0.4 is 4.90 Å². The Morgan fingerprint density at radius 1 is 1.10 bits per heavy atom. The zero-order valence-electron chi connectivity index (χ0n) is 18.7. The van der Waals surface area contributed by atoms with Crippen LogP contribution in [0.4, 0.5) is 5.69 Å². The minimum Gasteiger partial charge on any atom is -0.507 e. The maximum absolute atomic E-state index is 13.3. The van der Waals surface area contributed by atoms with Crippen molar-refractivity contribution in [2.45, 2.75) is 44.9 Å². The average Bonchev–Trinajstić information content (AvgIpc) is 2.72. The molecule has 2 rings (SSSR count). The van der Waals surface area contributed by atoms with Crippen LogP contribution in [0, 0.1) is 12.8 Å². The number of amides is 1. The number of carboxylic acids is 1. The van der Waals surface area contributed by atoms with Crippen molar-refractivity contribution in [3.05, 3.63) is 53.6 Å². The second-order valence-electron chi connectivity index (χ2n) is 7.76. The molecule has 2 aromatic carbocycles. The number of rotatable bonds is 11. The third-order valence-corrected chi connectivity index (χ3v) is 6.10. The van der Waals surface area contributed by atoms with E-state index in [9.17, 15) is 19.8 Å². The van der Waals surface area contributed by atoms with Crippen molar-refractivity contribution in [2.24, 2.45) is 5.92 Å². The van der Waals surface area contributed by atoms with Gasteiger partial charge in [0.05, 0.1) is 6.54 Å². The molecule has 168 valence electrons. The SMILES string of the molecule is CCCC(CC)CN(C(=O)CN(C)Sc1ccc(C)cc1)c1ccc(C(=O)O)c(O)c1. The summed E-state index contributed by atoms with van der Waals surface area (Å²) >= 11 is 1.50.